The van der Waals surface area contributed by atoms with Gasteiger partial charge in [-0.1, -0.05) is 18.2 Å². The van der Waals surface area contributed by atoms with E-state index in [-0.39, 0.29) is 17.9 Å². The quantitative estimate of drug-likeness (QED) is 0.688. The Hall–Kier alpha value is -2.38. The maximum Gasteiger partial charge on any atom is 0.298 e. The summed E-state index contributed by atoms with van der Waals surface area (Å²) in [6.07, 6.45) is 1.63. The molecule has 7 heteroatoms. The number of hydrogen-bond donors (Lipinski definition) is 1. The van der Waals surface area contributed by atoms with Crippen LogP contribution in [-0.2, 0) is 4.79 Å². The van der Waals surface area contributed by atoms with Crippen LogP contribution in [0.2, 0.25) is 0 Å². The summed E-state index contributed by atoms with van der Waals surface area (Å²) in [5, 5.41) is 5.25. The fourth-order valence-electron chi connectivity index (χ4n) is 3.69. The van der Waals surface area contributed by atoms with Gasteiger partial charge in [-0.25, -0.2) is 0 Å². The maximum atomic E-state index is 12.7. The molecule has 1 amide bonds. The van der Waals surface area contributed by atoms with E-state index >= 15 is 0 Å². The molecule has 1 aliphatic heterocycles. The molecular formula is C21H26N4O2S. The van der Waals surface area contributed by atoms with Crippen LogP contribution >= 0.6 is 11.3 Å². The van der Waals surface area contributed by atoms with E-state index in [9.17, 15) is 4.79 Å². The van der Waals surface area contributed by atoms with Gasteiger partial charge < -0.3 is 19.5 Å². The number of aromatic nitrogens is 1. The van der Waals surface area contributed by atoms with Gasteiger partial charge in [0.2, 0.25) is 5.91 Å². The lowest BCUT2D eigenvalue weighted by Crippen LogP contribution is -2.42. The number of likely N-dealkylation sites (N-methyl/N-ethyl adjacent to an activating group) is 1. The highest BCUT2D eigenvalue weighted by Crippen LogP contribution is 2.27. The van der Waals surface area contributed by atoms with Crippen molar-refractivity contribution in [1.29, 1.82) is 0 Å². The summed E-state index contributed by atoms with van der Waals surface area (Å²) < 4.78 is 5.86. The first kappa shape index (κ1) is 19.0. The third-order valence-corrected chi connectivity index (χ3v) is 6.36. The average molecular weight is 399 g/mol. The van der Waals surface area contributed by atoms with Gasteiger partial charge in [0.25, 0.3) is 6.01 Å². The number of carbonyl (C=O) groups excluding carboxylic acids is 1. The van der Waals surface area contributed by atoms with Crippen LogP contribution in [0.1, 0.15) is 23.8 Å². The van der Waals surface area contributed by atoms with E-state index < -0.39 is 0 Å². The summed E-state index contributed by atoms with van der Waals surface area (Å²) in [4.78, 5) is 22.8. The van der Waals surface area contributed by atoms with Gasteiger partial charge in [0.05, 0.1) is 6.04 Å². The second-order valence-electron chi connectivity index (χ2n) is 7.47. The molecule has 0 radical (unpaired) electrons. The summed E-state index contributed by atoms with van der Waals surface area (Å²) in [6, 6.07) is 12.8. The molecule has 0 bridgehead atoms. The van der Waals surface area contributed by atoms with Gasteiger partial charge in [-0.05, 0) is 50.5 Å². The number of para-hydroxylation sites is 2. The first-order valence-electron chi connectivity index (χ1n) is 9.70. The average Bonchev–Trinajstić information content (AvgIpc) is 3.37. The van der Waals surface area contributed by atoms with E-state index in [4.69, 9.17) is 4.42 Å². The van der Waals surface area contributed by atoms with Crippen molar-refractivity contribution in [2.24, 2.45) is 5.92 Å². The Labute approximate surface area is 169 Å². The van der Waals surface area contributed by atoms with Gasteiger partial charge in [0, 0.05) is 30.4 Å². The second-order valence-corrected chi connectivity index (χ2v) is 8.44. The van der Waals surface area contributed by atoms with Crippen LogP contribution in [0.3, 0.4) is 0 Å². The summed E-state index contributed by atoms with van der Waals surface area (Å²) >= 11 is 1.73. The summed E-state index contributed by atoms with van der Waals surface area (Å²) in [6.45, 7) is 2.21. The highest BCUT2D eigenvalue weighted by atomic mass is 32.1. The first-order chi connectivity index (χ1) is 13.6. The van der Waals surface area contributed by atoms with E-state index in [0.29, 0.717) is 12.6 Å². The highest BCUT2D eigenvalue weighted by Gasteiger charge is 2.28. The van der Waals surface area contributed by atoms with Crippen molar-refractivity contribution in [3.8, 4) is 0 Å². The van der Waals surface area contributed by atoms with E-state index in [0.717, 1.165) is 37.0 Å². The maximum absolute atomic E-state index is 12.7. The van der Waals surface area contributed by atoms with E-state index in [2.05, 4.69) is 51.7 Å². The van der Waals surface area contributed by atoms with Crippen molar-refractivity contribution >= 4 is 34.4 Å². The summed E-state index contributed by atoms with van der Waals surface area (Å²) in [5.74, 6) is 0.201. The Morgan fingerprint density at radius 3 is 2.75 bits per heavy atom. The van der Waals surface area contributed by atoms with Gasteiger partial charge in [-0.2, -0.15) is 4.98 Å². The number of oxazole rings is 1. The van der Waals surface area contributed by atoms with Crippen LogP contribution in [0.4, 0.5) is 6.01 Å². The van der Waals surface area contributed by atoms with Gasteiger partial charge in [-0.3, -0.25) is 4.79 Å². The van der Waals surface area contributed by atoms with Crippen molar-refractivity contribution in [3.05, 3.63) is 46.7 Å². The fraction of sp³-hybridized carbons (Fsp3) is 0.429. The third-order valence-electron chi connectivity index (χ3n) is 5.38. The number of rotatable bonds is 6. The van der Waals surface area contributed by atoms with Crippen molar-refractivity contribution < 1.29 is 9.21 Å². The van der Waals surface area contributed by atoms with Crippen molar-refractivity contribution in [3.63, 3.8) is 0 Å². The number of anilines is 1. The first-order valence-corrected chi connectivity index (χ1v) is 10.6. The molecule has 1 aromatic carbocycles. The predicted octanol–water partition coefficient (Wildman–Crippen LogP) is 3.52. The third kappa shape index (κ3) is 4.05. The van der Waals surface area contributed by atoms with E-state index in [1.807, 2.05) is 24.3 Å². The number of carbonyl (C=O) groups is 1. The lowest BCUT2D eigenvalue weighted by Gasteiger charge is -2.31. The zero-order chi connectivity index (χ0) is 19.5. The van der Waals surface area contributed by atoms with Gasteiger partial charge in [0.1, 0.15) is 5.52 Å². The number of amides is 1. The number of hydrogen-bond acceptors (Lipinski definition) is 6. The van der Waals surface area contributed by atoms with E-state index in [1.54, 1.807) is 11.3 Å². The number of nitrogens with one attached hydrogen (secondary N) is 1. The molecule has 148 valence electrons. The Kier molecular flexibility index (Phi) is 5.64. The minimum atomic E-state index is 0.0479. The topological polar surface area (TPSA) is 61.6 Å². The molecule has 2 aromatic heterocycles. The van der Waals surface area contributed by atoms with Gasteiger partial charge in [0.15, 0.2) is 5.58 Å². The lowest BCUT2D eigenvalue weighted by atomic mass is 9.96. The van der Waals surface area contributed by atoms with E-state index in [1.165, 1.54) is 4.88 Å². The molecular weight excluding hydrogens is 372 g/mol. The molecule has 28 heavy (non-hydrogen) atoms. The second kappa shape index (κ2) is 8.32. The van der Waals surface area contributed by atoms with Gasteiger partial charge in [-0.15, -0.1) is 11.3 Å². The van der Waals surface area contributed by atoms with Crippen molar-refractivity contribution in [1.82, 2.24) is 15.2 Å². The standard InChI is InChI=1S/C21H26N4O2S/c1-24(2)17(19-8-5-13-28-19)14-22-20(26)15-9-11-25(12-10-15)21-23-16-6-3-4-7-18(16)27-21/h3-8,13,15,17H,9-12,14H2,1-2H3,(H,22,26). The van der Waals surface area contributed by atoms with Crippen LogP contribution in [0.25, 0.3) is 11.1 Å². The summed E-state index contributed by atoms with van der Waals surface area (Å²) in [7, 11) is 4.10. The Bertz CT molecular complexity index is 881. The minimum absolute atomic E-state index is 0.0479. The SMILES string of the molecule is CN(C)C(CNC(=O)C1CCN(c2nc3ccccc3o2)CC1)c1cccs1. The lowest BCUT2D eigenvalue weighted by molar-refractivity contribution is -0.125. The molecule has 0 aliphatic carbocycles. The monoisotopic (exact) mass is 398 g/mol. The van der Waals surface area contributed by atoms with Crippen LogP contribution < -0.4 is 10.2 Å². The molecule has 4 rings (SSSR count). The highest BCUT2D eigenvalue weighted by molar-refractivity contribution is 7.10. The van der Waals surface area contributed by atoms with Crippen LogP contribution in [0.15, 0.2) is 46.2 Å². The Balaban J connectivity index is 1.31. The number of fused-ring (bicyclic) bond motifs is 1. The zero-order valence-electron chi connectivity index (χ0n) is 16.3. The fourth-order valence-corrected chi connectivity index (χ4v) is 4.61. The number of nitrogens with zero attached hydrogens (tertiary/aromatic N) is 3. The molecule has 1 unspecified atom stereocenters. The van der Waals surface area contributed by atoms with Crippen molar-refractivity contribution in [2.75, 3.05) is 38.6 Å². The molecule has 3 aromatic rings. The van der Waals surface area contributed by atoms with Gasteiger partial charge >= 0.3 is 0 Å². The molecule has 1 fully saturated rings. The van der Waals surface area contributed by atoms with Crippen molar-refractivity contribution in [2.45, 2.75) is 18.9 Å². The number of benzene rings is 1. The molecule has 6 nitrogen and oxygen atoms in total. The molecule has 1 atom stereocenters. The number of piperidine rings is 1. The Morgan fingerprint density at radius 2 is 2.07 bits per heavy atom. The molecule has 1 saturated heterocycles. The minimum Gasteiger partial charge on any atom is -0.423 e. The summed E-state index contributed by atoms with van der Waals surface area (Å²) in [5.41, 5.74) is 1.68. The van der Waals surface area contributed by atoms with Crippen LogP contribution in [0, 0.1) is 5.92 Å². The molecule has 0 spiro atoms. The molecule has 1 N–H and O–H groups in total. The normalized spacial score (nSPS) is 16.6. The van der Waals surface area contributed by atoms with Crippen LogP contribution in [0.5, 0.6) is 0 Å². The molecule has 1 aliphatic rings. The smallest absolute Gasteiger partial charge is 0.298 e. The largest absolute Gasteiger partial charge is 0.423 e. The zero-order valence-corrected chi connectivity index (χ0v) is 17.1. The molecule has 3 heterocycles. The number of thiophene rings is 1. The predicted molar refractivity (Wildman–Crippen MR) is 113 cm³/mol. The van der Waals surface area contributed by atoms with Crippen LogP contribution in [-0.4, -0.2) is 49.5 Å². The Morgan fingerprint density at radius 1 is 1.29 bits per heavy atom. The molecule has 0 saturated carbocycles.